The average Bonchev–Trinajstić information content (AvgIpc) is 2.39. The van der Waals surface area contributed by atoms with Crippen molar-refractivity contribution in [2.45, 2.75) is 25.7 Å². The maximum absolute atomic E-state index is 4.51. The Bertz CT molecular complexity index is 488. The van der Waals surface area contributed by atoms with Crippen molar-refractivity contribution in [3.8, 4) is 11.1 Å². The zero-order valence-electron chi connectivity index (χ0n) is 9.32. The number of rotatable bonds is 1. The molecule has 1 aromatic heterocycles. The second-order valence-corrected chi connectivity index (χ2v) is 4.36. The van der Waals surface area contributed by atoms with Gasteiger partial charge in [0.25, 0.3) is 0 Å². The van der Waals surface area contributed by atoms with Gasteiger partial charge in [-0.15, -0.1) is 0 Å². The summed E-state index contributed by atoms with van der Waals surface area (Å²) in [6, 6.07) is 12.8. The van der Waals surface area contributed by atoms with Crippen molar-refractivity contribution in [3.05, 3.63) is 53.9 Å². The minimum absolute atomic E-state index is 1.15. The number of fused-ring (bicyclic) bond motifs is 1. The van der Waals surface area contributed by atoms with Crippen molar-refractivity contribution in [3.63, 3.8) is 0 Å². The minimum Gasteiger partial charge on any atom is -0.261 e. The fourth-order valence-corrected chi connectivity index (χ4v) is 2.51. The van der Waals surface area contributed by atoms with E-state index in [9.17, 15) is 0 Å². The third kappa shape index (κ3) is 1.63. The van der Waals surface area contributed by atoms with Gasteiger partial charge in [0.1, 0.15) is 0 Å². The molecule has 0 unspecified atom stereocenters. The van der Waals surface area contributed by atoms with Crippen LogP contribution in [-0.4, -0.2) is 4.98 Å². The molecule has 16 heavy (non-hydrogen) atoms. The van der Waals surface area contributed by atoms with Crippen molar-refractivity contribution in [1.29, 1.82) is 0 Å². The fraction of sp³-hybridized carbons (Fsp3) is 0.267. The van der Waals surface area contributed by atoms with E-state index in [1.165, 1.54) is 41.6 Å². The Balaban J connectivity index is 2.14. The van der Waals surface area contributed by atoms with Crippen LogP contribution in [0.4, 0.5) is 0 Å². The summed E-state index contributed by atoms with van der Waals surface area (Å²) in [6.07, 6.45) is 6.88. The van der Waals surface area contributed by atoms with E-state index in [2.05, 4.69) is 41.4 Å². The highest BCUT2D eigenvalue weighted by Gasteiger charge is 2.14. The molecule has 0 bridgehead atoms. The molecule has 1 nitrogen and oxygen atoms in total. The number of nitrogens with zero attached hydrogens (tertiary/aromatic N) is 1. The predicted octanol–water partition coefficient (Wildman–Crippen LogP) is 3.63. The standard InChI is InChI=1S/C15H15N/c1-2-6-12(7-3-1)13-10-11-16-15-9-5-4-8-14(13)15/h1-3,6-7,10-11H,4-5,8-9H2. The smallest absolute Gasteiger partial charge is 0.0441 e. The number of hydrogen-bond donors (Lipinski definition) is 0. The molecule has 0 spiro atoms. The van der Waals surface area contributed by atoms with E-state index in [1.807, 2.05) is 6.20 Å². The third-order valence-electron chi connectivity index (χ3n) is 3.32. The topological polar surface area (TPSA) is 12.9 Å². The number of benzene rings is 1. The van der Waals surface area contributed by atoms with Gasteiger partial charge in [0, 0.05) is 11.9 Å². The molecular formula is C15H15N. The molecule has 80 valence electrons. The van der Waals surface area contributed by atoms with Crippen LogP contribution in [0.5, 0.6) is 0 Å². The molecule has 0 fully saturated rings. The van der Waals surface area contributed by atoms with Crippen molar-refractivity contribution in [2.24, 2.45) is 0 Å². The Morgan fingerprint density at radius 1 is 0.875 bits per heavy atom. The zero-order valence-corrected chi connectivity index (χ0v) is 9.32. The van der Waals surface area contributed by atoms with Crippen LogP contribution in [0.1, 0.15) is 24.1 Å². The van der Waals surface area contributed by atoms with Crippen LogP contribution >= 0.6 is 0 Å². The van der Waals surface area contributed by atoms with Crippen molar-refractivity contribution >= 4 is 0 Å². The van der Waals surface area contributed by atoms with Crippen LogP contribution < -0.4 is 0 Å². The summed E-state index contributed by atoms with van der Waals surface area (Å²) < 4.78 is 0. The first-order valence-electron chi connectivity index (χ1n) is 5.97. The molecular weight excluding hydrogens is 194 g/mol. The van der Waals surface area contributed by atoms with Gasteiger partial charge >= 0.3 is 0 Å². The van der Waals surface area contributed by atoms with Gasteiger partial charge < -0.3 is 0 Å². The molecule has 1 heterocycles. The number of aromatic nitrogens is 1. The van der Waals surface area contributed by atoms with Gasteiger partial charge in [0.2, 0.25) is 0 Å². The van der Waals surface area contributed by atoms with E-state index in [4.69, 9.17) is 0 Å². The number of pyridine rings is 1. The van der Waals surface area contributed by atoms with Gasteiger partial charge in [-0.2, -0.15) is 0 Å². The van der Waals surface area contributed by atoms with Gasteiger partial charge in [-0.3, -0.25) is 4.98 Å². The molecule has 3 rings (SSSR count). The highest BCUT2D eigenvalue weighted by molar-refractivity contribution is 5.68. The lowest BCUT2D eigenvalue weighted by Crippen LogP contribution is -2.06. The van der Waals surface area contributed by atoms with Gasteiger partial charge in [-0.25, -0.2) is 0 Å². The third-order valence-corrected chi connectivity index (χ3v) is 3.32. The highest BCUT2D eigenvalue weighted by Crippen LogP contribution is 2.29. The summed E-state index contributed by atoms with van der Waals surface area (Å²) >= 11 is 0. The van der Waals surface area contributed by atoms with Crippen molar-refractivity contribution in [2.75, 3.05) is 0 Å². The van der Waals surface area contributed by atoms with E-state index < -0.39 is 0 Å². The van der Waals surface area contributed by atoms with Crippen LogP contribution in [0.3, 0.4) is 0 Å². The molecule has 0 saturated heterocycles. The zero-order chi connectivity index (χ0) is 10.8. The van der Waals surface area contributed by atoms with Crippen molar-refractivity contribution in [1.82, 2.24) is 4.98 Å². The van der Waals surface area contributed by atoms with E-state index in [0.29, 0.717) is 0 Å². The molecule has 0 saturated carbocycles. The largest absolute Gasteiger partial charge is 0.261 e. The lowest BCUT2D eigenvalue weighted by molar-refractivity contribution is 0.669. The summed E-state index contributed by atoms with van der Waals surface area (Å²) in [7, 11) is 0. The maximum Gasteiger partial charge on any atom is 0.0441 e. The van der Waals surface area contributed by atoms with Crippen LogP contribution in [0.25, 0.3) is 11.1 Å². The molecule has 0 radical (unpaired) electrons. The normalized spacial score (nSPS) is 14.5. The molecule has 1 heteroatoms. The average molecular weight is 209 g/mol. The summed E-state index contributed by atoms with van der Waals surface area (Å²) in [5, 5.41) is 0. The molecule has 0 atom stereocenters. The van der Waals surface area contributed by atoms with Gasteiger partial charge in [0.15, 0.2) is 0 Å². The lowest BCUT2D eigenvalue weighted by Gasteiger charge is -2.18. The maximum atomic E-state index is 4.51. The van der Waals surface area contributed by atoms with E-state index in [0.717, 1.165) is 6.42 Å². The van der Waals surface area contributed by atoms with E-state index >= 15 is 0 Å². The van der Waals surface area contributed by atoms with E-state index in [1.54, 1.807) is 0 Å². The van der Waals surface area contributed by atoms with Crippen LogP contribution in [0, 0.1) is 0 Å². The second kappa shape index (κ2) is 4.09. The van der Waals surface area contributed by atoms with Gasteiger partial charge in [-0.05, 0) is 48.4 Å². The highest BCUT2D eigenvalue weighted by atomic mass is 14.7. The Kier molecular flexibility index (Phi) is 2.45. The lowest BCUT2D eigenvalue weighted by atomic mass is 9.89. The number of aryl methyl sites for hydroxylation is 1. The molecule has 1 aromatic carbocycles. The van der Waals surface area contributed by atoms with Crippen LogP contribution in [0.15, 0.2) is 42.6 Å². The summed E-state index contributed by atoms with van der Waals surface area (Å²) in [4.78, 5) is 4.51. The second-order valence-electron chi connectivity index (χ2n) is 4.36. The quantitative estimate of drug-likeness (QED) is 0.699. The van der Waals surface area contributed by atoms with Crippen LogP contribution in [-0.2, 0) is 12.8 Å². The Labute approximate surface area is 96.2 Å². The summed E-state index contributed by atoms with van der Waals surface area (Å²) in [5.41, 5.74) is 5.49. The Morgan fingerprint density at radius 3 is 2.56 bits per heavy atom. The first-order chi connectivity index (χ1) is 7.95. The Hall–Kier alpha value is -1.63. The molecule has 0 aliphatic heterocycles. The Morgan fingerprint density at radius 2 is 1.69 bits per heavy atom. The van der Waals surface area contributed by atoms with Crippen molar-refractivity contribution < 1.29 is 0 Å². The molecule has 0 N–H and O–H groups in total. The SMILES string of the molecule is c1ccc(-c2ccnc3c2CCCC3)cc1. The summed E-state index contributed by atoms with van der Waals surface area (Å²) in [5.74, 6) is 0. The molecule has 2 aromatic rings. The molecule has 1 aliphatic rings. The van der Waals surface area contributed by atoms with Gasteiger partial charge in [0.05, 0.1) is 0 Å². The monoisotopic (exact) mass is 209 g/mol. The van der Waals surface area contributed by atoms with Gasteiger partial charge in [-0.1, -0.05) is 30.3 Å². The predicted molar refractivity (Wildman–Crippen MR) is 66.3 cm³/mol. The fourth-order valence-electron chi connectivity index (χ4n) is 2.51. The number of hydrogen-bond acceptors (Lipinski definition) is 1. The van der Waals surface area contributed by atoms with Crippen LogP contribution in [0.2, 0.25) is 0 Å². The molecule has 1 aliphatic carbocycles. The first kappa shape index (κ1) is 9.59. The summed E-state index contributed by atoms with van der Waals surface area (Å²) in [6.45, 7) is 0. The van der Waals surface area contributed by atoms with E-state index in [-0.39, 0.29) is 0 Å². The first-order valence-corrected chi connectivity index (χ1v) is 5.97. The molecule has 0 amide bonds. The minimum atomic E-state index is 1.15.